The number of fused-ring (bicyclic) bond motifs is 1. The van der Waals surface area contributed by atoms with Crippen LogP contribution in [0.5, 0.6) is 5.75 Å². The molecule has 0 saturated carbocycles. The van der Waals surface area contributed by atoms with Gasteiger partial charge in [-0.1, -0.05) is 17.8 Å². The molecule has 3 rings (SSSR count). The molecule has 0 radical (unpaired) electrons. The highest BCUT2D eigenvalue weighted by molar-refractivity contribution is 8.00. The zero-order valence-electron chi connectivity index (χ0n) is 13.2. The van der Waals surface area contributed by atoms with Crippen LogP contribution < -0.4 is 10.1 Å². The van der Waals surface area contributed by atoms with Gasteiger partial charge < -0.3 is 10.1 Å². The first kappa shape index (κ1) is 17.2. The maximum atomic E-state index is 12.3. The van der Waals surface area contributed by atoms with E-state index in [1.807, 2.05) is 28.8 Å². The second-order valence-corrected chi connectivity index (χ2v) is 6.50. The quantitative estimate of drug-likeness (QED) is 0.671. The van der Waals surface area contributed by atoms with E-state index in [0.29, 0.717) is 5.69 Å². The Bertz CT molecular complexity index is 868. The summed E-state index contributed by atoms with van der Waals surface area (Å²) in [5.74, 6) is -0.167. The number of nitrogens with one attached hydrogen (secondary N) is 1. The molecule has 0 spiro atoms. The van der Waals surface area contributed by atoms with Crippen LogP contribution in [0, 0.1) is 0 Å². The van der Waals surface area contributed by atoms with Crippen LogP contribution in [0.15, 0.2) is 60.0 Å². The summed E-state index contributed by atoms with van der Waals surface area (Å²) in [7, 11) is 0. The van der Waals surface area contributed by atoms with Crippen molar-refractivity contribution in [3.05, 3.63) is 54.9 Å². The van der Waals surface area contributed by atoms with Gasteiger partial charge in [-0.2, -0.15) is 8.78 Å². The number of carbonyl (C=O) groups excluding carboxylic acids is 1. The maximum Gasteiger partial charge on any atom is 0.387 e. The third kappa shape index (κ3) is 4.27. The summed E-state index contributed by atoms with van der Waals surface area (Å²) >= 11 is 1.33. The molecule has 0 saturated heterocycles. The van der Waals surface area contributed by atoms with Crippen molar-refractivity contribution in [3.8, 4) is 5.75 Å². The molecule has 3 aromatic rings. The van der Waals surface area contributed by atoms with E-state index in [4.69, 9.17) is 0 Å². The van der Waals surface area contributed by atoms with Crippen molar-refractivity contribution in [3.63, 3.8) is 0 Å². The molecule has 0 aliphatic carbocycles. The lowest BCUT2D eigenvalue weighted by molar-refractivity contribution is -0.115. The van der Waals surface area contributed by atoms with Crippen LogP contribution in [-0.4, -0.2) is 27.2 Å². The Morgan fingerprint density at radius 2 is 2.00 bits per heavy atom. The third-order valence-corrected chi connectivity index (χ3v) is 4.48. The van der Waals surface area contributed by atoms with Crippen LogP contribution >= 0.6 is 11.8 Å². The van der Waals surface area contributed by atoms with E-state index in [1.54, 1.807) is 13.1 Å². The molecule has 0 aliphatic rings. The normalized spacial score (nSPS) is 12.3. The number of aromatic nitrogens is 2. The number of pyridine rings is 1. The third-order valence-electron chi connectivity index (χ3n) is 3.40. The van der Waals surface area contributed by atoms with Gasteiger partial charge in [0.15, 0.2) is 5.16 Å². The second-order valence-electron chi connectivity index (χ2n) is 5.19. The molecular weight excluding hydrogens is 348 g/mol. The first-order valence-electron chi connectivity index (χ1n) is 7.47. The van der Waals surface area contributed by atoms with Crippen LogP contribution in [0.25, 0.3) is 5.52 Å². The number of nitrogens with zero attached hydrogens (tertiary/aromatic N) is 2. The summed E-state index contributed by atoms with van der Waals surface area (Å²) in [6.07, 6.45) is 3.63. The molecule has 2 aromatic heterocycles. The number of anilines is 1. The van der Waals surface area contributed by atoms with E-state index in [0.717, 1.165) is 10.7 Å². The summed E-state index contributed by atoms with van der Waals surface area (Å²) in [6.45, 7) is -1.10. The number of hydrogen-bond acceptors (Lipinski definition) is 4. The van der Waals surface area contributed by atoms with E-state index in [1.165, 1.54) is 36.0 Å². The summed E-state index contributed by atoms with van der Waals surface area (Å²) in [5.41, 5.74) is 1.46. The van der Waals surface area contributed by atoms with Gasteiger partial charge in [-0.05, 0) is 43.3 Å². The SMILES string of the molecule is C[C@H](Sc1ncc2ccccn12)C(=O)Nc1ccc(OC(F)F)cc1. The number of thioether (sulfide) groups is 1. The summed E-state index contributed by atoms with van der Waals surface area (Å²) in [6, 6.07) is 11.5. The van der Waals surface area contributed by atoms with Crippen LogP contribution in [0.2, 0.25) is 0 Å². The molecule has 2 heterocycles. The molecule has 1 atom stereocenters. The van der Waals surface area contributed by atoms with Crippen LogP contribution in [0.3, 0.4) is 0 Å². The van der Waals surface area contributed by atoms with Crippen LogP contribution in [0.1, 0.15) is 6.92 Å². The standard InChI is InChI=1S/C17H15F2N3O2S/c1-11(25-17-20-10-13-4-2-3-9-22(13)17)15(23)21-12-5-7-14(8-6-12)24-16(18)19/h2-11,16H,1H3,(H,21,23)/t11-/m0/s1. The Labute approximate surface area is 147 Å². The molecule has 5 nitrogen and oxygen atoms in total. The summed E-state index contributed by atoms with van der Waals surface area (Å²) < 4.78 is 30.4. The van der Waals surface area contributed by atoms with Crippen LogP contribution in [-0.2, 0) is 4.79 Å². The topological polar surface area (TPSA) is 55.6 Å². The van der Waals surface area contributed by atoms with Gasteiger partial charge in [-0.25, -0.2) is 4.98 Å². The molecular formula is C17H15F2N3O2S. The average molecular weight is 363 g/mol. The molecule has 130 valence electrons. The minimum atomic E-state index is -2.87. The molecule has 1 aromatic carbocycles. The largest absolute Gasteiger partial charge is 0.435 e. The molecule has 25 heavy (non-hydrogen) atoms. The molecule has 0 aliphatic heterocycles. The number of benzene rings is 1. The lowest BCUT2D eigenvalue weighted by atomic mass is 10.3. The van der Waals surface area contributed by atoms with Crippen molar-refractivity contribution >= 4 is 28.9 Å². The Morgan fingerprint density at radius 3 is 2.72 bits per heavy atom. The zero-order chi connectivity index (χ0) is 17.8. The Kier molecular flexibility index (Phi) is 5.18. The van der Waals surface area contributed by atoms with Gasteiger partial charge in [-0.15, -0.1) is 0 Å². The predicted octanol–water partition coefficient (Wildman–Crippen LogP) is 4.06. The number of halogens is 2. The number of imidazole rings is 1. The second kappa shape index (κ2) is 7.52. The Morgan fingerprint density at radius 1 is 1.24 bits per heavy atom. The van der Waals surface area contributed by atoms with Crippen molar-refractivity contribution in [1.29, 1.82) is 0 Å². The summed E-state index contributed by atoms with van der Waals surface area (Å²) in [5, 5.41) is 3.08. The molecule has 0 unspecified atom stereocenters. The van der Waals surface area contributed by atoms with E-state index >= 15 is 0 Å². The molecule has 0 fully saturated rings. The van der Waals surface area contributed by atoms with Gasteiger partial charge in [0.25, 0.3) is 0 Å². The highest BCUT2D eigenvalue weighted by Gasteiger charge is 2.17. The number of alkyl halides is 2. The monoisotopic (exact) mass is 363 g/mol. The highest BCUT2D eigenvalue weighted by atomic mass is 32.2. The van der Waals surface area contributed by atoms with Gasteiger partial charge in [0, 0.05) is 11.9 Å². The van der Waals surface area contributed by atoms with E-state index < -0.39 is 6.61 Å². The van der Waals surface area contributed by atoms with Crippen molar-refractivity contribution < 1.29 is 18.3 Å². The molecule has 1 amide bonds. The first-order valence-corrected chi connectivity index (χ1v) is 8.35. The van der Waals surface area contributed by atoms with Gasteiger partial charge in [0.2, 0.25) is 5.91 Å². The van der Waals surface area contributed by atoms with E-state index in [9.17, 15) is 13.6 Å². The van der Waals surface area contributed by atoms with E-state index in [-0.39, 0.29) is 16.9 Å². The minimum Gasteiger partial charge on any atom is -0.435 e. The number of ether oxygens (including phenoxy) is 1. The number of amides is 1. The van der Waals surface area contributed by atoms with Crippen molar-refractivity contribution in [2.45, 2.75) is 23.9 Å². The maximum absolute atomic E-state index is 12.3. The lowest BCUT2D eigenvalue weighted by Crippen LogP contribution is -2.22. The average Bonchev–Trinajstić information content (AvgIpc) is 2.99. The van der Waals surface area contributed by atoms with Gasteiger partial charge in [0.1, 0.15) is 5.75 Å². The number of hydrogen-bond donors (Lipinski definition) is 1. The van der Waals surface area contributed by atoms with Crippen molar-refractivity contribution in [2.75, 3.05) is 5.32 Å². The fourth-order valence-corrected chi connectivity index (χ4v) is 3.06. The molecule has 8 heteroatoms. The van der Waals surface area contributed by atoms with Crippen LogP contribution in [0.4, 0.5) is 14.5 Å². The zero-order valence-corrected chi connectivity index (χ0v) is 14.0. The minimum absolute atomic E-state index is 0.0410. The number of rotatable bonds is 6. The van der Waals surface area contributed by atoms with Crippen molar-refractivity contribution in [1.82, 2.24) is 9.38 Å². The lowest BCUT2D eigenvalue weighted by Gasteiger charge is -2.12. The summed E-state index contributed by atoms with van der Waals surface area (Å²) in [4.78, 5) is 16.6. The smallest absolute Gasteiger partial charge is 0.387 e. The Balaban J connectivity index is 1.62. The first-order chi connectivity index (χ1) is 12.0. The highest BCUT2D eigenvalue weighted by Crippen LogP contribution is 2.24. The fraction of sp³-hybridized carbons (Fsp3) is 0.176. The predicted molar refractivity (Wildman–Crippen MR) is 92.2 cm³/mol. The van der Waals surface area contributed by atoms with Gasteiger partial charge >= 0.3 is 6.61 Å². The number of carbonyl (C=O) groups is 1. The Hall–Kier alpha value is -2.61. The van der Waals surface area contributed by atoms with Gasteiger partial charge in [0.05, 0.1) is 17.0 Å². The van der Waals surface area contributed by atoms with Crippen molar-refractivity contribution in [2.24, 2.45) is 0 Å². The fourth-order valence-electron chi connectivity index (χ4n) is 2.18. The molecule has 0 bridgehead atoms. The van der Waals surface area contributed by atoms with Gasteiger partial charge in [-0.3, -0.25) is 9.20 Å². The molecule has 1 N–H and O–H groups in total. The van der Waals surface area contributed by atoms with E-state index in [2.05, 4.69) is 15.0 Å².